The zero-order chi connectivity index (χ0) is 20.0. The molecule has 0 aromatic heterocycles. The van der Waals surface area contributed by atoms with Crippen LogP contribution in [0.15, 0.2) is 47.4 Å². The molecule has 0 heterocycles. The van der Waals surface area contributed by atoms with Crippen molar-refractivity contribution in [3.63, 3.8) is 0 Å². The second-order valence-corrected chi connectivity index (χ2v) is 8.29. The molecule has 0 unspecified atom stereocenters. The highest BCUT2D eigenvalue weighted by Crippen LogP contribution is 2.18. The molecule has 0 atom stereocenters. The van der Waals surface area contributed by atoms with E-state index in [-0.39, 0.29) is 24.7 Å². The molecule has 0 radical (unpaired) electrons. The minimum Gasteiger partial charge on any atom is -0.492 e. The van der Waals surface area contributed by atoms with E-state index in [2.05, 4.69) is 0 Å². The van der Waals surface area contributed by atoms with Gasteiger partial charge in [-0.15, -0.1) is 0 Å². The van der Waals surface area contributed by atoms with Gasteiger partial charge in [-0.3, -0.25) is 0 Å². The van der Waals surface area contributed by atoms with Crippen LogP contribution in [0.1, 0.15) is 28.4 Å². The Morgan fingerprint density at radius 1 is 1.04 bits per heavy atom. The molecule has 0 aliphatic heterocycles. The maximum atomic E-state index is 12.6. The van der Waals surface area contributed by atoms with Crippen molar-refractivity contribution in [1.29, 1.82) is 0 Å². The Kier molecular flexibility index (Phi) is 6.98. The van der Waals surface area contributed by atoms with Gasteiger partial charge in [0.2, 0.25) is 10.0 Å². The van der Waals surface area contributed by atoms with E-state index in [0.717, 1.165) is 16.9 Å². The fraction of sp³-hybridized carbons (Fsp3) is 0.350. The smallest absolute Gasteiger partial charge is 0.338 e. The van der Waals surface area contributed by atoms with Crippen molar-refractivity contribution < 1.29 is 22.7 Å². The van der Waals surface area contributed by atoms with Crippen molar-refractivity contribution in [2.45, 2.75) is 25.7 Å². The van der Waals surface area contributed by atoms with Crippen LogP contribution >= 0.6 is 0 Å². The second-order valence-electron chi connectivity index (χ2n) is 6.24. The lowest BCUT2D eigenvalue weighted by molar-refractivity contribution is 0.0526. The molecular weight excluding hydrogens is 366 g/mol. The normalized spacial score (nSPS) is 11.4. The Hall–Kier alpha value is -2.38. The van der Waals surface area contributed by atoms with Gasteiger partial charge >= 0.3 is 5.97 Å². The molecule has 2 rings (SSSR count). The van der Waals surface area contributed by atoms with E-state index in [0.29, 0.717) is 5.56 Å². The summed E-state index contributed by atoms with van der Waals surface area (Å²) >= 11 is 0. The number of hydrogen-bond donors (Lipinski definition) is 0. The van der Waals surface area contributed by atoms with Crippen LogP contribution in [0.4, 0.5) is 0 Å². The third kappa shape index (κ3) is 5.55. The van der Waals surface area contributed by atoms with E-state index in [1.165, 1.54) is 35.6 Å². The van der Waals surface area contributed by atoms with E-state index in [1.807, 2.05) is 32.0 Å². The maximum absolute atomic E-state index is 12.6. The number of esters is 1. The average molecular weight is 391 g/mol. The number of nitrogens with zero attached hydrogens (tertiary/aromatic N) is 1. The minimum atomic E-state index is -3.66. The fourth-order valence-corrected chi connectivity index (χ4v) is 3.74. The first-order valence-corrected chi connectivity index (χ1v) is 10.1. The predicted octanol–water partition coefficient (Wildman–Crippen LogP) is 3.18. The molecule has 6 nitrogen and oxygen atoms in total. The standard InChI is InChI=1S/C20H25NO5S/c1-5-25-20(22)17-6-8-19(9-7-17)27(23,24)21(4)10-11-26-18-13-15(2)12-16(3)14-18/h6-9,12-14H,5,10-11H2,1-4H3. The average Bonchev–Trinajstić information content (AvgIpc) is 2.61. The Balaban J connectivity index is 1.99. The number of likely N-dealkylation sites (N-methyl/N-ethyl adjacent to an activating group) is 1. The molecule has 0 bridgehead atoms. The zero-order valence-electron chi connectivity index (χ0n) is 16.1. The topological polar surface area (TPSA) is 72.9 Å². The summed E-state index contributed by atoms with van der Waals surface area (Å²) in [5.41, 5.74) is 2.50. The highest BCUT2D eigenvalue weighted by Gasteiger charge is 2.21. The third-order valence-corrected chi connectivity index (χ3v) is 5.81. The molecule has 0 amide bonds. The first-order chi connectivity index (χ1) is 12.7. The molecule has 0 aliphatic carbocycles. The molecule has 27 heavy (non-hydrogen) atoms. The van der Waals surface area contributed by atoms with Gasteiger partial charge in [-0.25, -0.2) is 13.2 Å². The van der Waals surface area contributed by atoms with Crippen molar-refractivity contribution in [2.75, 3.05) is 26.8 Å². The third-order valence-electron chi connectivity index (χ3n) is 3.94. The van der Waals surface area contributed by atoms with E-state index in [9.17, 15) is 13.2 Å². The van der Waals surface area contributed by atoms with Gasteiger partial charge in [-0.1, -0.05) is 6.07 Å². The second kappa shape index (κ2) is 9.01. The van der Waals surface area contributed by atoms with Gasteiger partial charge in [-0.05, 0) is 68.3 Å². The number of ether oxygens (including phenoxy) is 2. The molecule has 0 saturated heterocycles. The fourth-order valence-electron chi connectivity index (χ4n) is 2.59. The summed E-state index contributed by atoms with van der Waals surface area (Å²) < 4.78 is 37.1. The molecule has 146 valence electrons. The van der Waals surface area contributed by atoms with Crippen molar-refractivity contribution in [2.24, 2.45) is 0 Å². The summed E-state index contributed by atoms with van der Waals surface area (Å²) in [4.78, 5) is 11.8. The number of carbonyl (C=O) groups is 1. The number of rotatable bonds is 8. The van der Waals surface area contributed by atoms with Crippen LogP contribution in [0.3, 0.4) is 0 Å². The Morgan fingerprint density at radius 2 is 1.63 bits per heavy atom. The van der Waals surface area contributed by atoms with Crippen LogP contribution in [-0.4, -0.2) is 45.5 Å². The summed E-state index contributed by atoms with van der Waals surface area (Å²) in [5.74, 6) is 0.244. The molecular formula is C20H25NO5S. The molecule has 0 aliphatic rings. The number of sulfonamides is 1. The zero-order valence-corrected chi connectivity index (χ0v) is 16.9. The predicted molar refractivity (Wildman–Crippen MR) is 104 cm³/mol. The van der Waals surface area contributed by atoms with Crippen LogP contribution < -0.4 is 4.74 Å². The Bertz CT molecular complexity index is 871. The number of benzene rings is 2. The summed E-state index contributed by atoms with van der Waals surface area (Å²) in [6.45, 7) is 6.38. The lowest BCUT2D eigenvalue weighted by Gasteiger charge is -2.18. The minimum absolute atomic E-state index is 0.115. The van der Waals surface area contributed by atoms with Gasteiger partial charge in [0, 0.05) is 13.6 Å². The molecule has 0 fully saturated rings. The lowest BCUT2D eigenvalue weighted by atomic mass is 10.1. The van der Waals surface area contributed by atoms with Gasteiger partial charge < -0.3 is 9.47 Å². The molecule has 2 aromatic carbocycles. The van der Waals surface area contributed by atoms with Crippen LogP contribution in [0.2, 0.25) is 0 Å². The van der Waals surface area contributed by atoms with Crippen molar-refractivity contribution in [1.82, 2.24) is 4.31 Å². The summed E-state index contributed by atoms with van der Waals surface area (Å²) in [7, 11) is -2.16. The van der Waals surface area contributed by atoms with Crippen LogP contribution in [0, 0.1) is 13.8 Å². The maximum Gasteiger partial charge on any atom is 0.338 e. The quantitative estimate of drug-likeness (QED) is 0.646. The first-order valence-electron chi connectivity index (χ1n) is 8.68. The molecule has 0 N–H and O–H groups in total. The number of aryl methyl sites for hydroxylation is 2. The molecule has 7 heteroatoms. The van der Waals surface area contributed by atoms with Gasteiger partial charge in [0.15, 0.2) is 0 Å². The molecule has 2 aromatic rings. The van der Waals surface area contributed by atoms with Crippen molar-refractivity contribution in [3.8, 4) is 5.75 Å². The van der Waals surface area contributed by atoms with Gasteiger partial charge in [0.05, 0.1) is 17.1 Å². The monoisotopic (exact) mass is 391 g/mol. The molecule has 0 saturated carbocycles. The first kappa shape index (κ1) is 20.9. The van der Waals surface area contributed by atoms with E-state index in [1.54, 1.807) is 6.92 Å². The van der Waals surface area contributed by atoms with Gasteiger partial charge in [0.1, 0.15) is 12.4 Å². The van der Waals surface area contributed by atoms with E-state index < -0.39 is 16.0 Å². The van der Waals surface area contributed by atoms with Gasteiger partial charge in [-0.2, -0.15) is 4.31 Å². The van der Waals surface area contributed by atoms with Crippen molar-refractivity contribution >= 4 is 16.0 Å². The molecule has 0 spiro atoms. The summed E-state index contributed by atoms with van der Waals surface area (Å²) in [5, 5.41) is 0. The number of carbonyl (C=O) groups excluding carboxylic acids is 1. The largest absolute Gasteiger partial charge is 0.492 e. The SMILES string of the molecule is CCOC(=O)c1ccc(S(=O)(=O)N(C)CCOc2cc(C)cc(C)c2)cc1. The Labute approximate surface area is 160 Å². The van der Waals surface area contributed by atoms with E-state index >= 15 is 0 Å². The highest BCUT2D eigenvalue weighted by molar-refractivity contribution is 7.89. The summed E-state index contributed by atoms with van der Waals surface area (Å²) in [6.07, 6.45) is 0. The highest BCUT2D eigenvalue weighted by atomic mass is 32.2. The summed E-state index contributed by atoms with van der Waals surface area (Å²) in [6, 6.07) is 11.6. The van der Waals surface area contributed by atoms with Gasteiger partial charge in [0.25, 0.3) is 0 Å². The Morgan fingerprint density at radius 3 is 2.19 bits per heavy atom. The number of hydrogen-bond acceptors (Lipinski definition) is 5. The lowest BCUT2D eigenvalue weighted by Crippen LogP contribution is -2.31. The van der Waals surface area contributed by atoms with Crippen LogP contribution in [0.5, 0.6) is 5.75 Å². The van der Waals surface area contributed by atoms with E-state index in [4.69, 9.17) is 9.47 Å². The van der Waals surface area contributed by atoms with Crippen molar-refractivity contribution in [3.05, 3.63) is 59.2 Å². The van der Waals surface area contributed by atoms with Crippen LogP contribution in [-0.2, 0) is 14.8 Å². The van der Waals surface area contributed by atoms with Crippen LogP contribution in [0.25, 0.3) is 0 Å².